The van der Waals surface area contributed by atoms with Crippen molar-refractivity contribution in [2.24, 2.45) is 5.41 Å². The maximum absolute atomic E-state index is 12.4. The fourth-order valence-corrected chi connectivity index (χ4v) is 3.62. The fourth-order valence-electron chi connectivity index (χ4n) is 1.80. The normalized spacial score (nSPS) is 11.2. The molecule has 1 amide bonds. The summed E-state index contributed by atoms with van der Waals surface area (Å²) in [6.45, 7) is 3.27. The van der Waals surface area contributed by atoms with Crippen molar-refractivity contribution >= 4 is 35.0 Å². The average molecular weight is 349 g/mol. The molecule has 0 fully saturated rings. The molecule has 2 N–H and O–H groups in total. The maximum atomic E-state index is 12.4. The summed E-state index contributed by atoms with van der Waals surface area (Å²) >= 11 is 3.29. The van der Waals surface area contributed by atoms with Crippen LogP contribution < -0.4 is 5.32 Å². The van der Waals surface area contributed by atoms with Crippen molar-refractivity contribution in [1.82, 2.24) is 5.32 Å². The van der Waals surface area contributed by atoms with E-state index in [1.165, 1.54) is 4.88 Å². The zero-order chi connectivity index (χ0) is 16.9. The molecule has 23 heavy (non-hydrogen) atoms. The molecular weight excluding hydrogens is 330 g/mol. The summed E-state index contributed by atoms with van der Waals surface area (Å²) in [5, 5.41) is 13.9. The Morgan fingerprint density at radius 2 is 1.96 bits per heavy atom. The second-order valence-electron chi connectivity index (χ2n) is 5.74. The number of carboxylic acid groups (broad SMARTS) is 1. The first-order valence-corrected chi connectivity index (χ1v) is 9.02. The molecule has 0 radical (unpaired) electrons. The second kappa shape index (κ2) is 7.66. The first-order valence-electron chi connectivity index (χ1n) is 7.16. The van der Waals surface area contributed by atoms with Gasteiger partial charge in [0.25, 0.3) is 5.91 Å². The van der Waals surface area contributed by atoms with Gasteiger partial charge in [-0.1, -0.05) is 18.2 Å². The number of hydrogen-bond acceptors (Lipinski definition) is 4. The summed E-state index contributed by atoms with van der Waals surface area (Å²) in [7, 11) is 0. The molecule has 1 heterocycles. The smallest absolute Gasteiger partial charge is 0.310 e. The van der Waals surface area contributed by atoms with Crippen LogP contribution in [0.15, 0.2) is 46.7 Å². The molecular formula is C17H19NO3S2. The van der Waals surface area contributed by atoms with Gasteiger partial charge in [-0.3, -0.25) is 9.59 Å². The van der Waals surface area contributed by atoms with E-state index in [0.29, 0.717) is 5.56 Å². The molecule has 0 atom stereocenters. The lowest BCUT2D eigenvalue weighted by Crippen LogP contribution is -2.39. The fraction of sp³-hybridized carbons (Fsp3) is 0.294. The Labute approximate surface area is 143 Å². The van der Waals surface area contributed by atoms with Gasteiger partial charge in [0.2, 0.25) is 0 Å². The quantitative estimate of drug-likeness (QED) is 0.745. The number of carbonyl (C=O) groups excluding carboxylic acids is 1. The number of carbonyl (C=O) groups is 2. The van der Waals surface area contributed by atoms with E-state index in [4.69, 9.17) is 5.11 Å². The number of amides is 1. The largest absolute Gasteiger partial charge is 0.481 e. The SMILES string of the molecule is CC(C)(CNC(=O)c1ccccc1SCc1cccs1)C(=O)O. The third-order valence-electron chi connectivity index (χ3n) is 3.35. The molecule has 0 unspecified atom stereocenters. The highest BCUT2D eigenvalue weighted by molar-refractivity contribution is 7.98. The van der Waals surface area contributed by atoms with Crippen molar-refractivity contribution in [3.05, 3.63) is 52.2 Å². The minimum atomic E-state index is -0.991. The van der Waals surface area contributed by atoms with Gasteiger partial charge in [0, 0.05) is 22.1 Å². The van der Waals surface area contributed by atoms with E-state index < -0.39 is 11.4 Å². The predicted molar refractivity (Wildman–Crippen MR) is 94.1 cm³/mol. The van der Waals surface area contributed by atoms with Crippen LogP contribution >= 0.6 is 23.1 Å². The van der Waals surface area contributed by atoms with Crippen LogP contribution in [0.2, 0.25) is 0 Å². The lowest BCUT2D eigenvalue weighted by molar-refractivity contribution is -0.146. The molecule has 2 rings (SSSR count). The minimum absolute atomic E-state index is 0.0884. The van der Waals surface area contributed by atoms with Crippen molar-refractivity contribution in [2.45, 2.75) is 24.5 Å². The van der Waals surface area contributed by atoms with Crippen molar-refractivity contribution in [3.63, 3.8) is 0 Å². The van der Waals surface area contributed by atoms with Gasteiger partial charge in [0.15, 0.2) is 0 Å². The third kappa shape index (κ3) is 4.84. The number of aliphatic carboxylic acids is 1. The molecule has 2 aromatic rings. The Morgan fingerprint density at radius 3 is 2.61 bits per heavy atom. The molecule has 0 saturated carbocycles. The van der Waals surface area contributed by atoms with E-state index in [1.54, 1.807) is 43.0 Å². The first kappa shape index (κ1) is 17.6. The van der Waals surface area contributed by atoms with Crippen molar-refractivity contribution < 1.29 is 14.7 Å². The number of carboxylic acids is 1. The van der Waals surface area contributed by atoms with Gasteiger partial charge in [0.1, 0.15) is 0 Å². The third-order valence-corrected chi connectivity index (χ3v) is 5.53. The second-order valence-corrected chi connectivity index (χ2v) is 7.79. The highest BCUT2D eigenvalue weighted by atomic mass is 32.2. The number of thiophene rings is 1. The zero-order valence-electron chi connectivity index (χ0n) is 13.0. The van der Waals surface area contributed by atoms with Gasteiger partial charge < -0.3 is 10.4 Å². The van der Waals surface area contributed by atoms with Crippen LogP contribution in [-0.2, 0) is 10.5 Å². The molecule has 0 aliphatic heterocycles. The van der Waals surface area contributed by atoms with Gasteiger partial charge in [-0.15, -0.1) is 23.1 Å². The Kier molecular flexibility index (Phi) is 5.85. The van der Waals surface area contributed by atoms with Crippen LogP contribution in [0.25, 0.3) is 0 Å². The predicted octanol–water partition coefficient (Wildman–Crippen LogP) is 3.88. The highest BCUT2D eigenvalue weighted by Crippen LogP contribution is 2.28. The number of thioether (sulfide) groups is 1. The van der Waals surface area contributed by atoms with Crippen LogP contribution in [0.4, 0.5) is 0 Å². The molecule has 6 heteroatoms. The molecule has 4 nitrogen and oxygen atoms in total. The van der Waals surface area contributed by atoms with Crippen LogP contribution in [0.5, 0.6) is 0 Å². The number of hydrogen-bond donors (Lipinski definition) is 2. The number of rotatable bonds is 7. The number of benzene rings is 1. The summed E-state index contributed by atoms with van der Waals surface area (Å²) in [4.78, 5) is 25.6. The Balaban J connectivity index is 2.04. The summed E-state index contributed by atoms with van der Waals surface area (Å²) in [6.07, 6.45) is 0. The minimum Gasteiger partial charge on any atom is -0.481 e. The van der Waals surface area contributed by atoms with E-state index in [0.717, 1.165) is 10.6 Å². The Hall–Kier alpha value is -1.79. The molecule has 0 aliphatic rings. The molecule has 0 saturated heterocycles. The maximum Gasteiger partial charge on any atom is 0.310 e. The zero-order valence-corrected chi connectivity index (χ0v) is 14.7. The van der Waals surface area contributed by atoms with Crippen LogP contribution in [0.1, 0.15) is 29.1 Å². The summed E-state index contributed by atoms with van der Waals surface area (Å²) in [5.41, 5.74) is -0.412. The lowest BCUT2D eigenvalue weighted by atomic mass is 9.94. The standard InChI is InChI=1S/C17H19NO3S2/c1-17(2,16(20)21)11-18-15(19)13-7-3-4-8-14(13)23-10-12-6-5-9-22-12/h3-9H,10-11H2,1-2H3,(H,18,19)(H,20,21). The van der Waals surface area contributed by atoms with Crippen LogP contribution in [-0.4, -0.2) is 23.5 Å². The van der Waals surface area contributed by atoms with E-state index in [9.17, 15) is 9.59 Å². The van der Waals surface area contributed by atoms with Gasteiger partial charge in [0.05, 0.1) is 11.0 Å². The Morgan fingerprint density at radius 1 is 1.22 bits per heavy atom. The van der Waals surface area contributed by atoms with Gasteiger partial charge in [-0.25, -0.2) is 0 Å². The van der Waals surface area contributed by atoms with E-state index in [-0.39, 0.29) is 12.5 Å². The van der Waals surface area contributed by atoms with Crippen LogP contribution in [0.3, 0.4) is 0 Å². The van der Waals surface area contributed by atoms with Gasteiger partial charge in [-0.2, -0.15) is 0 Å². The Bertz CT molecular complexity index is 681. The lowest BCUT2D eigenvalue weighted by Gasteiger charge is -2.20. The monoisotopic (exact) mass is 349 g/mol. The topological polar surface area (TPSA) is 66.4 Å². The number of nitrogens with one attached hydrogen (secondary N) is 1. The molecule has 1 aromatic heterocycles. The molecule has 1 aromatic carbocycles. The van der Waals surface area contributed by atoms with E-state index >= 15 is 0 Å². The van der Waals surface area contributed by atoms with Crippen molar-refractivity contribution in [1.29, 1.82) is 0 Å². The first-order chi connectivity index (χ1) is 10.9. The summed E-state index contributed by atoms with van der Waals surface area (Å²) in [6, 6.07) is 11.5. The van der Waals surface area contributed by atoms with Crippen molar-refractivity contribution in [3.8, 4) is 0 Å². The van der Waals surface area contributed by atoms with E-state index in [2.05, 4.69) is 11.4 Å². The molecule has 0 spiro atoms. The summed E-state index contributed by atoms with van der Waals surface area (Å²) in [5.74, 6) is -0.366. The molecule has 122 valence electrons. The highest BCUT2D eigenvalue weighted by Gasteiger charge is 2.28. The molecule has 0 bridgehead atoms. The van der Waals surface area contributed by atoms with Gasteiger partial charge >= 0.3 is 5.97 Å². The summed E-state index contributed by atoms with van der Waals surface area (Å²) < 4.78 is 0. The van der Waals surface area contributed by atoms with Gasteiger partial charge in [-0.05, 0) is 37.4 Å². The van der Waals surface area contributed by atoms with Crippen molar-refractivity contribution in [2.75, 3.05) is 6.54 Å². The van der Waals surface area contributed by atoms with E-state index in [1.807, 2.05) is 29.6 Å². The van der Waals surface area contributed by atoms with Crippen LogP contribution in [0, 0.1) is 5.41 Å². The average Bonchev–Trinajstić information content (AvgIpc) is 3.04. The molecule has 0 aliphatic carbocycles.